The fourth-order valence-corrected chi connectivity index (χ4v) is 2.88. The van der Waals surface area contributed by atoms with Gasteiger partial charge in [-0.3, -0.25) is 14.9 Å². The van der Waals surface area contributed by atoms with E-state index in [9.17, 15) is 24.1 Å². The second-order valence-corrected chi connectivity index (χ2v) is 7.66. The Morgan fingerprint density at radius 1 is 1.33 bits per heavy atom. The number of carbonyl (C=O) groups excluding carboxylic acids is 2. The summed E-state index contributed by atoms with van der Waals surface area (Å²) in [6.07, 6.45) is 0.571. The zero-order chi connectivity index (χ0) is 20.4. The molecule has 1 saturated heterocycles. The third-order valence-electron chi connectivity index (χ3n) is 3.96. The van der Waals surface area contributed by atoms with Gasteiger partial charge in [0.15, 0.2) is 0 Å². The van der Waals surface area contributed by atoms with Crippen molar-refractivity contribution >= 4 is 29.3 Å². The van der Waals surface area contributed by atoms with Gasteiger partial charge in [-0.15, -0.1) is 0 Å². The van der Waals surface area contributed by atoms with E-state index in [1.54, 1.807) is 25.7 Å². The first kappa shape index (κ1) is 20.9. The molecule has 1 aliphatic rings. The van der Waals surface area contributed by atoms with Crippen molar-refractivity contribution in [2.45, 2.75) is 45.3 Å². The molecule has 10 heteroatoms. The van der Waals surface area contributed by atoms with Gasteiger partial charge in [0.2, 0.25) is 5.82 Å². The Hall–Kier alpha value is -2.42. The molecule has 0 saturated carbocycles. The highest BCUT2D eigenvalue weighted by atomic mass is 35.5. The number of nitrogens with one attached hydrogen (secondary N) is 1. The summed E-state index contributed by atoms with van der Waals surface area (Å²) >= 11 is 5.85. The molecule has 0 aromatic heterocycles. The minimum atomic E-state index is -1.10. The van der Waals surface area contributed by atoms with Crippen molar-refractivity contribution < 1.29 is 23.6 Å². The summed E-state index contributed by atoms with van der Waals surface area (Å²) in [7, 11) is 0. The minimum Gasteiger partial charge on any atom is -0.444 e. The van der Waals surface area contributed by atoms with Gasteiger partial charge in [0.05, 0.1) is 15.5 Å². The monoisotopic (exact) mass is 401 g/mol. The fraction of sp³-hybridized carbons (Fsp3) is 0.529. The van der Waals surface area contributed by atoms with Crippen molar-refractivity contribution in [3.63, 3.8) is 0 Å². The summed E-state index contributed by atoms with van der Waals surface area (Å²) in [5.74, 6) is -1.73. The van der Waals surface area contributed by atoms with E-state index in [4.69, 9.17) is 16.3 Å². The lowest BCUT2D eigenvalue weighted by atomic mass is 10.0. The second-order valence-electron chi connectivity index (χ2n) is 7.26. The molecule has 1 aliphatic heterocycles. The maximum Gasteiger partial charge on any atom is 0.410 e. The average Bonchev–Trinajstić information content (AvgIpc) is 2.53. The highest BCUT2D eigenvalue weighted by molar-refractivity contribution is 6.34. The van der Waals surface area contributed by atoms with Crippen LogP contribution in [-0.2, 0) is 4.74 Å². The van der Waals surface area contributed by atoms with Crippen molar-refractivity contribution in [3.05, 3.63) is 38.7 Å². The number of nitrogens with zero attached hydrogens (tertiary/aromatic N) is 2. The zero-order valence-corrected chi connectivity index (χ0v) is 16.0. The third-order valence-corrected chi connectivity index (χ3v) is 4.27. The molecule has 1 aromatic rings. The van der Waals surface area contributed by atoms with E-state index >= 15 is 0 Å². The van der Waals surface area contributed by atoms with Gasteiger partial charge >= 0.3 is 11.8 Å². The molecular weight excluding hydrogens is 381 g/mol. The van der Waals surface area contributed by atoms with Gasteiger partial charge < -0.3 is 15.0 Å². The SMILES string of the molecule is CC(C)(C)OC(=O)N1CCC(NC(=O)c2cc([N+](=O)[O-])c(F)cc2Cl)CC1. The van der Waals surface area contributed by atoms with Crippen molar-refractivity contribution in [2.24, 2.45) is 0 Å². The van der Waals surface area contributed by atoms with Crippen LogP contribution >= 0.6 is 11.6 Å². The van der Waals surface area contributed by atoms with E-state index in [1.807, 2.05) is 0 Å². The lowest BCUT2D eigenvalue weighted by Gasteiger charge is -2.33. The highest BCUT2D eigenvalue weighted by Crippen LogP contribution is 2.26. The van der Waals surface area contributed by atoms with Crippen LogP contribution < -0.4 is 5.32 Å². The van der Waals surface area contributed by atoms with Crippen LogP contribution in [0, 0.1) is 15.9 Å². The topological polar surface area (TPSA) is 102 Å². The number of piperidine rings is 1. The predicted octanol–water partition coefficient (Wildman–Crippen LogP) is 3.52. The maximum atomic E-state index is 13.5. The predicted molar refractivity (Wildman–Crippen MR) is 96.4 cm³/mol. The first-order valence-corrected chi connectivity index (χ1v) is 8.78. The van der Waals surface area contributed by atoms with Crippen LogP contribution in [0.5, 0.6) is 0 Å². The summed E-state index contributed by atoms with van der Waals surface area (Å²) in [6.45, 7) is 6.14. The molecule has 2 rings (SSSR count). The number of benzene rings is 1. The minimum absolute atomic E-state index is 0.167. The molecular formula is C17H21ClFN3O5. The first-order chi connectivity index (χ1) is 12.5. The van der Waals surface area contributed by atoms with E-state index in [1.165, 1.54) is 0 Å². The van der Waals surface area contributed by atoms with Crippen LogP contribution in [0.3, 0.4) is 0 Å². The van der Waals surface area contributed by atoms with Gasteiger partial charge in [-0.05, 0) is 33.6 Å². The number of nitro groups is 1. The molecule has 1 fully saturated rings. The number of amides is 2. The number of hydrogen-bond acceptors (Lipinski definition) is 5. The van der Waals surface area contributed by atoms with Crippen LogP contribution in [0.25, 0.3) is 0 Å². The van der Waals surface area contributed by atoms with Crippen LogP contribution in [-0.4, -0.2) is 46.6 Å². The lowest BCUT2D eigenvalue weighted by Crippen LogP contribution is -2.47. The molecule has 8 nitrogen and oxygen atoms in total. The van der Waals surface area contributed by atoms with Gasteiger partial charge in [-0.2, -0.15) is 4.39 Å². The fourth-order valence-electron chi connectivity index (χ4n) is 2.65. The normalized spacial score (nSPS) is 15.4. The van der Waals surface area contributed by atoms with Crippen LogP contribution in [0.4, 0.5) is 14.9 Å². The largest absolute Gasteiger partial charge is 0.444 e. The van der Waals surface area contributed by atoms with Crippen molar-refractivity contribution in [1.82, 2.24) is 10.2 Å². The average molecular weight is 402 g/mol. The van der Waals surface area contributed by atoms with E-state index < -0.39 is 34.0 Å². The second kappa shape index (κ2) is 8.08. The smallest absolute Gasteiger partial charge is 0.410 e. The summed E-state index contributed by atoms with van der Waals surface area (Å²) in [6, 6.07) is 1.33. The Labute approximate surface area is 160 Å². The molecule has 0 spiro atoms. The lowest BCUT2D eigenvalue weighted by molar-refractivity contribution is -0.387. The Bertz CT molecular complexity index is 758. The Balaban J connectivity index is 1.98. The van der Waals surface area contributed by atoms with Crippen molar-refractivity contribution in [1.29, 1.82) is 0 Å². The molecule has 2 amide bonds. The summed E-state index contributed by atoms with van der Waals surface area (Å²) in [5, 5.41) is 13.4. The standard InChI is InChI=1S/C17H21ClFN3O5/c1-17(2,3)27-16(24)21-6-4-10(5-7-21)20-15(23)11-8-14(22(25)26)13(19)9-12(11)18/h8-10H,4-7H2,1-3H3,(H,20,23). The number of halogens is 2. The van der Waals surface area contributed by atoms with Gasteiger partial charge in [0.1, 0.15) is 5.60 Å². The quantitative estimate of drug-likeness (QED) is 0.616. The Morgan fingerprint density at radius 3 is 2.44 bits per heavy atom. The number of nitro benzene ring substituents is 1. The van der Waals surface area contributed by atoms with Crippen LogP contribution in [0.15, 0.2) is 12.1 Å². The Kier molecular flexibility index (Phi) is 6.25. The van der Waals surface area contributed by atoms with Crippen molar-refractivity contribution in [3.8, 4) is 0 Å². The molecule has 1 heterocycles. The van der Waals surface area contributed by atoms with Gasteiger partial charge in [0, 0.05) is 31.3 Å². The van der Waals surface area contributed by atoms with Gasteiger partial charge in [0.25, 0.3) is 5.91 Å². The molecule has 0 aliphatic carbocycles. The Morgan fingerprint density at radius 2 is 1.93 bits per heavy atom. The van der Waals surface area contributed by atoms with Crippen LogP contribution in [0.2, 0.25) is 5.02 Å². The summed E-state index contributed by atoms with van der Waals surface area (Å²) in [4.78, 5) is 35.9. The van der Waals surface area contributed by atoms with E-state index in [0.717, 1.165) is 12.1 Å². The summed E-state index contributed by atoms with van der Waals surface area (Å²) < 4.78 is 18.8. The maximum absolute atomic E-state index is 13.5. The van der Waals surface area contributed by atoms with E-state index in [-0.39, 0.29) is 16.6 Å². The first-order valence-electron chi connectivity index (χ1n) is 8.40. The number of ether oxygens (including phenoxy) is 1. The van der Waals surface area contributed by atoms with E-state index in [0.29, 0.717) is 25.9 Å². The molecule has 148 valence electrons. The van der Waals surface area contributed by atoms with Crippen LogP contribution in [0.1, 0.15) is 44.0 Å². The zero-order valence-electron chi connectivity index (χ0n) is 15.3. The number of carbonyl (C=O) groups is 2. The molecule has 1 aromatic carbocycles. The van der Waals surface area contributed by atoms with Gasteiger partial charge in [-0.25, -0.2) is 4.79 Å². The van der Waals surface area contributed by atoms with E-state index in [2.05, 4.69) is 5.32 Å². The number of rotatable bonds is 3. The molecule has 1 N–H and O–H groups in total. The number of likely N-dealkylation sites (tertiary alicyclic amines) is 1. The molecule has 0 atom stereocenters. The summed E-state index contributed by atoms with van der Waals surface area (Å²) in [5.41, 5.74) is -1.57. The molecule has 27 heavy (non-hydrogen) atoms. The van der Waals surface area contributed by atoms with Crippen molar-refractivity contribution in [2.75, 3.05) is 13.1 Å². The molecule has 0 unspecified atom stereocenters. The highest BCUT2D eigenvalue weighted by Gasteiger charge is 2.28. The number of hydrogen-bond donors (Lipinski definition) is 1. The molecule has 0 bridgehead atoms. The third kappa shape index (κ3) is 5.53. The molecule has 0 radical (unpaired) electrons. The van der Waals surface area contributed by atoms with Gasteiger partial charge in [-0.1, -0.05) is 11.6 Å².